The van der Waals surface area contributed by atoms with Crippen LogP contribution in [0.1, 0.15) is 0 Å². The summed E-state index contributed by atoms with van der Waals surface area (Å²) in [4.78, 5) is 11.2. The second-order valence-corrected chi connectivity index (χ2v) is 4.83. The van der Waals surface area contributed by atoms with Gasteiger partial charge in [0.15, 0.2) is 0 Å². The molecule has 0 aromatic heterocycles. The third kappa shape index (κ3) is 5.70. The number of methoxy groups -OCH3 is 1. The molecule has 1 unspecified atom stereocenters. The Labute approximate surface area is 117 Å². The van der Waals surface area contributed by atoms with Crippen LogP contribution in [0.3, 0.4) is 0 Å². The average Bonchev–Trinajstić information content (AvgIpc) is 2.41. The molecular formula is C12H13F3O4S. The van der Waals surface area contributed by atoms with Crippen molar-refractivity contribution in [3.63, 3.8) is 0 Å². The van der Waals surface area contributed by atoms with E-state index in [4.69, 9.17) is 4.74 Å². The van der Waals surface area contributed by atoms with Crippen molar-refractivity contribution in [1.82, 2.24) is 0 Å². The molecule has 0 saturated carbocycles. The third-order valence-electron chi connectivity index (χ3n) is 2.14. The van der Waals surface area contributed by atoms with Crippen LogP contribution in [0.2, 0.25) is 0 Å². The van der Waals surface area contributed by atoms with Crippen molar-refractivity contribution in [2.24, 2.45) is 0 Å². The fraction of sp³-hybridized carbons (Fsp3) is 0.417. The first-order valence-corrected chi connectivity index (χ1v) is 6.50. The van der Waals surface area contributed by atoms with Gasteiger partial charge in [-0.15, -0.1) is 11.8 Å². The van der Waals surface area contributed by atoms with E-state index in [0.717, 1.165) is 4.90 Å². The number of carbonyl (C=O) groups is 1. The van der Waals surface area contributed by atoms with Crippen LogP contribution < -0.4 is 4.74 Å². The Morgan fingerprint density at radius 3 is 2.45 bits per heavy atom. The van der Waals surface area contributed by atoms with Crippen LogP contribution in [0.15, 0.2) is 29.2 Å². The highest BCUT2D eigenvalue weighted by Gasteiger charge is 2.41. The quantitative estimate of drug-likeness (QED) is 0.645. The van der Waals surface area contributed by atoms with Gasteiger partial charge in [-0.2, -0.15) is 13.2 Å². The number of halogens is 3. The molecule has 20 heavy (non-hydrogen) atoms. The van der Waals surface area contributed by atoms with E-state index in [0.29, 0.717) is 5.75 Å². The predicted molar refractivity (Wildman–Crippen MR) is 66.7 cm³/mol. The highest BCUT2D eigenvalue weighted by molar-refractivity contribution is 7.99. The van der Waals surface area contributed by atoms with Gasteiger partial charge in [0.25, 0.3) is 0 Å². The lowest BCUT2D eigenvalue weighted by atomic mass is 10.3. The number of aliphatic hydroxyl groups is 1. The molecule has 1 N–H and O–H groups in total. The van der Waals surface area contributed by atoms with Gasteiger partial charge in [-0.05, 0) is 24.3 Å². The molecule has 0 aliphatic rings. The van der Waals surface area contributed by atoms with Gasteiger partial charge in [-0.1, -0.05) is 0 Å². The minimum atomic E-state index is -5.04. The van der Waals surface area contributed by atoms with Crippen LogP contribution >= 0.6 is 11.8 Å². The number of benzene rings is 1. The first kappa shape index (κ1) is 16.6. The van der Waals surface area contributed by atoms with Crippen molar-refractivity contribution >= 4 is 17.7 Å². The first-order chi connectivity index (χ1) is 9.32. The number of hydrogen-bond donors (Lipinski definition) is 1. The zero-order valence-electron chi connectivity index (χ0n) is 10.5. The summed E-state index contributed by atoms with van der Waals surface area (Å²) in [7, 11) is 1.53. The minimum absolute atomic E-state index is 0.109. The van der Waals surface area contributed by atoms with Gasteiger partial charge in [-0.25, -0.2) is 4.79 Å². The van der Waals surface area contributed by atoms with Crippen LogP contribution in [0.5, 0.6) is 5.75 Å². The Morgan fingerprint density at radius 1 is 1.35 bits per heavy atom. The van der Waals surface area contributed by atoms with Crippen molar-refractivity contribution in [2.45, 2.75) is 17.2 Å². The van der Waals surface area contributed by atoms with Crippen molar-refractivity contribution in [1.29, 1.82) is 0 Å². The lowest BCUT2D eigenvalue weighted by Gasteiger charge is -2.12. The van der Waals surface area contributed by atoms with E-state index in [1.165, 1.54) is 18.9 Å². The Kier molecular flexibility index (Phi) is 6.15. The standard InChI is InChI=1S/C12H13F3O4S/c1-18-9-2-4-10(5-3-9)20-7-8(16)6-19-11(17)12(13,14)15/h2-5,8,16H,6-7H2,1H3. The largest absolute Gasteiger partial charge is 0.497 e. The molecule has 1 aromatic rings. The Bertz CT molecular complexity index is 433. The summed E-state index contributed by atoms with van der Waals surface area (Å²) in [5, 5.41) is 9.44. The number of aliphatic hydroxyl groups excluding tert-OH is 1. The summed E-state index contributed by atoms with van der Waals surface area (Å²) in [5.74, 6) is -1.52. The average molecular weight is 310 g/mol. The minimum Gasteiger partial charge on any atom is -0.497 e. The molecule has 8 heteroatoms. The maximum absolute atomic E-state index is 11.8. The van der Waals surface area contributed by atoms with Gasteiger partial charge in [-0.3, -0.25) is 0 Å². The van der Waals surface area contributed by atoms with Gasteiger partial charge in [0.05, 0.1) is 13.2 Å². The molecule has 1 atom stereocenters. The van der Waals surface area contributed by atoms with Gasteiger partial charge >= 0.3 is 12.1 Å². The second-order valence-electron chi connectivity index (χ2n) is 3.74. The highest BCUT2D eigenvalue weighted by Crippen LogP contribution is 2.22. The van der Waals surface area contributed by atoms with Gasteiger partial charge in [0.1, 0.15) is 12.4 Å². The summed E-state index contributed by atoms with van der Waals surface area (Å²) in [6, 6.07) is 6.94. The molecule has 0 aliphatic heterocycles. The lowest BCUT2D eigenvalue weighted by Crippen LogP contribution is -2.29. The lowest BCUT2D eigenvalue weighted by molar-refractivity contribution is -0.201. The van der Waals surface area contributed by atoms with Crippen LogP contribution in [0, 0.1) is 0 Å². The molecule has 0 bridgehead atoms. The second kappa shape index (κ2) is 7.39. The molecule has 0 aliphatic carbocycles. The molecule has 0 fully saturated rings. The summed E-state index contributed by atoms with van der Waals surface area (Å²) in [5.41, 5.74) is 0. The van der Waals surface area contributed by atoms with Crippen molar-refractivity contribution in [3.8, 4) is 5.75 Å². The number of thioether (sulfide) groups is 1. The molecular weight excluding hydrogens is 297 g/mol. The molecule has 112 valence electrons. The number of carbonyl (C=O) groups excluding carboxylic acids is 1. The highest BCUT2D eigenvalue weighted by atomic mass is 32.2. The number of ether oxygens (including phenoxy) is 2. The van der Waals surface area contributed by atoms with Crippen molar-refractivity contribution < 1.29 is 32.5 Å². The van der Waals surface area contributed by atoms with Crippen molar-refractivity contribution in [3.05, 3.63) is 24.3 Å². The molecule has 0 spiro atoms. The maximum Gasteiger partial charge on any atom is 0.490 e. The van der Waals surface area contributed by atoms with Crippen LogP contribution in [-0.2, 0) is 9.53 Å². The SMILES string of the molecule is COc1ccc(SCC(O)COC(=O)C(F)(F)F)cc1. The number of rotatable bonds is 6. The summed E-state index contributed by atoms with van der Waals surface area (Å²) < 4.78 is 44.5. The van der Waals surface area contributed by atoms with E-state index >= 15 is 0 Å². The number of hydrogen-bond acceptors (Lipinski definition) is 5. The van der Waals surface area contributed by atoms with Gasteiger partial charge < -0.3 is 14.6 Å². The van der Waals surface area contributed by atoms with Crippen molar-refractivity contribution in [2.75, 3.05) is 19.5 Å². The fourth-order valence-corrected chi connectivity index (χ4v) is 1.98. The zero-order chi connectivity index (χ0) is 15.2. The van der Waals surface area contributed by atoms with E-state index in [1.54, 1.807) is 24.3 Å². The topological polar surface area (TPSA) is 55.8 Å². The molecule has 0 radical (unpaired) electrons. The van der Waals surface area contributed by atoms with E-state index in [-0.39, 0.29) is 5.75 Å². The molecule has 1 rings (SSSR count). The summed E-state index contributed by atoms with van der Waals surface area (Å²) in [6.45, 7) is -0.693. The summed E-state index contributed by atoms with van der Waals surface area (Å²) in [6.07, 6.45) is -6.21. The first-order valence-electron chi connectivity index (χ1n) is 5.52. The third-order valence-corrected chi connectivity index (χ3v) is 3.30. The number of alkyl halides is 3. The van der Waals surface area contributed by atoms with E-state index in [1.807, 2.05) is 0 Å². The molecule has 1 aromatic carbocycles. The Balaban J connectivity index is 2.32. The monoisotopic (exact) mass is 310 g/mol. The van der Waals surface area contributed by atoms with E-state index < -0.39 is 24.9 Å². The molecule has 4 nitrogen and oxygen atoms in total. The zero-order valence-corrected chi connectivity index (χ0v) is 11.3. The van der Waals surface area contributed by atoms with Crippen LogP contribution in [0.25, 0.3) is 0 Å². The smallest absolute Gasteiger partial charge is 0.490 e. The molecule has 0 saturated heterocycles. The molecule has 0 amide bonds. The normalized spacial score (nSPS) is 12.8. The van der Waals surface area contributed by atoms with Gasteiger partial charge in [0.2, 0.25) is 0 Å². The van der Waals surface area contributed by atoms with Crippen LogP contribution in [0.4, 0.5) is 13.2 Å². The number of esters is 1. The van der Waals surface area contributed by atoms with E-state index in [2.05, 4.69) is 4.74 Å². The Hall–Kier alpha value is -1.41. The van der Waals surface area contributed by atoms with Crippen LogP contribution in [-0.4, -0.2) is 42.8 Å². The van der Waals surface area contributed by atoms with Gasteiger partial charge in [0, 0.05) is 10.6 Å². The summed E-state index contributed by atoms with van der Waals surface area (Å²) >= 11 is 1.23. The Morgan fingerprint density at radius 2 is 1.95 bits per heavy atom. The maximum atomic E-state index is 11.8. The van der Waals surface area contributed by atoms with E-state index in [9.17, 15) is 23.1 Å². The fourth-order valence-electron chi connectivity index (χ4n) is 1.17. The molecule has 0 heterocycles. The predicted octanol–water partition coefficient (Wildman–Crippen LogP) is 2.25.